The van der Waals surface area contributed by atoms with Crippen LogP contribution in [0.15, 0.2) is 29.3 Å². The molecule has 0 bridgehead atoms. The Bertz CT molecular complexity index is 829. The molecular weight excluding hydrogens is 358 g/mol. The highest BCUT2D eigenvalue weighted by Crippen LogP contribution is 2.42. The zero-order valence-electron chi connectivity index (χ0n) is 14.3. The Hall–Kier alpha value is -1.54. The number of nitrogens with zero attached hydrogens (tertiary/aromatic N) is 3. The maximum absolute atomic E-state index is 12.2. The van der Waals surface area contributed by atoms with Crippen LogP contribution in [0.1, 0.15) is 12.8 Å². The number of amidine groups is 1. The zero-order chi connectivity index (χ0) is 17.8. The number of hydrogen-bond donors (Lipinski definition) is 0. The quantitative estimate of drug-likeness (QED) is 0.797. The number of anilines is 2. The summed E-state index contributed by atoms with van der Waals surface area (Å²) in [5, 5.41) is 0.601. The van der Waals surface area contributed by atoms with Crippen LogP contribution in [0.25, 0.3) is 0 Å². The molecule has 3 fully saturated rings. The molecule has 2 atom stereocenters. The molecule has 8 heteroatoms. The predicted octanol–water partition coefficient (Wildman–Crippen LogP) is 1.76. The summed E-state index contributed by atoms with van der Waals surface area (Å²) >= 11 is 1.44. The molecule has 6 nitrogen and oxygen atoms in total. The molecule has 2 heterocycles. The summed E-state index contributed by atoms with van der Waals surface area (Å²) in [6.45, 7) is 0. The van der Waals surface area contributed by atoms with Gasteiger partial charge >= 0.3 is 0 Å². The van der Waals surface area contributed by atoms with Gasteiger partial charge in [-0.2, -0.15) is 4.99 Å². The highest BCUT2D eigenvalue weighted by molar-refractivity contribution is 8.16. The molecule has 2 saturated heterocycles. The molecule has 1 aromatic rings. The van der Waals surface area contributed by atoms with Crippen LogP contribution < -0.4 is 9.80 Å². The lowest BCUT2D eigenvalue weighted by Gasteiger charge is -2.25. The predicted molar refractivity (Wildman–Crippen MR) is 102 cm³/mol. The van der Waals surface area contributed by atoms with Gasteiger partial charge in [0.05, 0.1) is 17.5 Å². The summed E-state index contributed by atoms with van der Waals surface area (Å²) < 4.78 is 24.1. The number of sulfone groups is 1. The number of benzene rings is 1. The first kappa shape index (κ1) is 16.9. The van der Waals surface area contributed by atoms with Crippen molar-refractivity contribution in [2.75, 3.05) is 35.4 Å². The van der Waals surface area contributed by atoms with Crippen molar-refractivity contribution in [3.63, 3.8) is 0 Å². The van der Waals surface area contributed by atoms with E-state index in [0.29, 0.717) is 5.17 Å². The van der Waals surface area contributed by atoms with Gasteiger partial charge in [0.25, 0.3) is 5.91 Å². The number of thioether (sulfide) groups is 1. The van der Waals surface area contributed by atoms with Crippen molar-refractivity contribution >= 4 is 44.0 Å². The Balaban J connectivity index is 1.69. The maximum atomic E-state index is 12.2. The largest absolute Gasteiger partial charge is 0.378 e. The van der Waals surface area contributed by atoms with Crippen molar-refractivity contribution in [2.24, 2.45) is 10.9 Å². The Labute approximate surface area is 152 Å². The van der Waals surface area contributed by atoms with Crippen LogP contribution in [0.2, 0.25) is 0 Å². The van der Waals surface area contributed by atoms with Crippen molar-refractivity contribution in [3.8, 4) is 0 Å². The summed E-state index contributed by atoms with van der Waals surface area (Å²) in [7, 11) is 0.913. The van der Waals surface area contributed by atoms with Crippen LogP contribution in [-0.2, 0) is 14.6 Å². The van der Waals surface area contributed by atoms with E-state index in [1.54, 1.807) is 0 Å². The Morgan fingerprint density at radius 1 is 1.20 bits per heavy atom. The second-order valence-electron chi connectivity index (χ2n) is 7.09. The van der Waals surface area contributed by atoms with Crippen LogP contribution in [0.4, 0.5) is 11.4 Å². The lowest BCUT2D eigenvalue weighted by molar-refractivity contribution is -0.118. The second kappa shape index (κ2) is 6.02. The third kappa shape index (κ3) is 3.29. The van der Waals surface area contributed by atoms with E-state index in [1.165, 1.54) is 11.8 Å². The first-order chi connectivity index (χ1) is 11.8. The van der Waals surface area contributed by atoms with Gasteiger partial charge in [0.2, 0.25) is 0 Å². The fourth-order valence-corrected chi connectivity index (χ4v) is 7.21. The molecule has 3 aliphatic rings. The Morgan fingerprint density at radius 2 is 1.88 bits per heavy atom. The number of amides is 1. The highest BCUT2D eigenvalue weighted by Gasteiger charge is 2.49. The van der Waals surface area contributed by atoms with Crippen LogP contribution >= 0.6 is 11.8 Å². The van der Waals surface area contributed by atoms with E-state index in [0.717, 1.165) is 24.2 Å². The van der Waals surface area contributed by atoms with Crippen molar-refractivity contribution in [3.05, 3.63) is 24.3 Å². The van der Waals surface area contributed by atoms with E-state index in [9.17, 15) is 13.2 Å². The van der Waals surface area contributed by atoms with E-state index in [-0.39, 0.29) is 34.6 Å². The van der Waals surface area contributed by atoms with Crippen molar-refractivity contribution in [1.82, 2.24) is 0 Å². The number of fused-ring (bicyclic) bond motifs is 1. The van der Waals surface area contributed by atoms with Gasteiger partial charge in [-0.15, -0.1) is 0 Å². The van der Waals surface area contributed by atoms with E-state index < -0.39 is 9.84 Å². The van der Waals surface area contributed by atoms with Crippen molar-refractivity contribution in [1.29, 1.82) is 0 Å². The molecule has 1 aromatic carbocycles. The van der Waals surface area contributed by atoms with Gasteiger partial charge in [0.15, 0.2) is 15.0 Å². The molecule has 0 unspecified atom stereocenters. The van der Waals surface area contributed by atoms with E-state index >= 15 is 0 Å². The van der Waals surface area contributed by atoms with Gasteiger partial charge in [-0.1, -0.05) is 11.8 Å². The van der Waals surface area contributed by atoms with Crippen molar-refractivity contribution < 1.29 is 13.2 Å². The highest BCUT2D eigenvalue weighted by atomic mass is 32.2. The van der Waals surface area contributed by atoms with Gasteiger partial charge in [-0.3, -0.25) is 4.79 Å². The van der Waals surface area contributed by atoms with E-state index in [4.69, 9.17) is 0 Å². The lowest BCUT2D eigenvalue weighted by atomic mass is 10.2. The summed E-state index contributed by atoms with van der Waals surface area (Å²) in [5.74, 6) is 0.276. The fraction of sp³-hybridized carbons (Fsp3) is 0.529. The normalized spacial score (nSPS) is 29.0. The molecule has 4 rings (SSSR count). The molecule has 25 heavy (non-hydrogen) atoms. The van der Waals surface area contributed by atoms with Crippen LogP contribution in [0, 0.1) is 5.92 Å². The SMILES string of the molecule is CN(C)c1ccc(N2C(=NC(=O)C3CC3)S[C@H]3CS(=O)(=O)C[C@@H]32)cc1. The van der Waals surface area contributed by atoms with Gasteiger partial charge in [0.1, 0.15) is 0 Å². The standard InChI is InChI=1S/C17H21N3O3S2/c1-19(2)12-5-7-13(8-6-12)20-14-9-25(22,23)10-15(14)24-17(20)18-16(21)11-3-4-11/h5-8,11,14-15H,3-4,9-10H2,1-2H3/t14-,15-/m0/s1. The molecule has 0 N–H and O–H groups in total. The third-order valence-electron chi connectivity index (χ3n) is 4.84. The number of hydrogen-bond acceptors (Lipinski definition) is 5. The average Bonchev–Trinajstić information content (AvgIpc) is 3.28. The molecule has 1 aliphatic carbocycles. The molecule has 0 radical (unpaired) electrons. The number of carbonyl (C=O) groups excluding carboxylic acids is 1. The number of carbonyl (C=O) groups is 1. The van der Waals surface area contributed by atoms with E-state index in [2.05, 4.69) is 4.99 Å². The lowest BCUT2D eigenvalue weighted by Crippen LogP contribution is -2.37. The number of rotatable bonds is 3. The number of aliphatic imine (C=N–C) groups is 1. The van der Waals surface area contributed by atoms with Crippen LogP contribution in [0.5, 0.6) is 0 Å². The van der Waals surface area contributed by atoms with Gasteiger partial charge in [-0.25, -0.2) is 8.42 Å². The second-order valence-corrected chi connectivity index (χ2v) is 10.4. The molecular formula is C17H21N3O3S2. The van der Waals surface area contributed by atoms with E-state index in [1.807, 2.05) is 48.2 Å². The molecule has 0 aromatic heterocycles. The molecule has 1 amide bonds. The van der Waals surface area contributed by atoms with Gasteiger partial charge in [-0.05, 0) is 37.1 Å². The minimum absolute atomic E-state index is 0.0516. The minimum Gasteiger partial charge on any atom is -0.378 e. The monoisotopic (exact) mass is 379 g/mol. The Morgan fingerprint density at radius 3 is 2.48 bits per heavy atom. The maximum Gasteiger partial charge on any atom is 0.251 e. The first-order valence-corrected chi connectivity index (χ1v) is 11.1. The molecule has 134 valence electrons. The Kier molecular flexibility index (Phi) is 4.07. The summed E-state index contributed by atoms with van der Waals surface area (Å²) in [6, 6.07) is 7.79. The topological polar surface area (TPSA) is 70.0 Å². The summed E-state index contributed by atoms with van der Waals surface area (Å²) in [4.78, 5) is 20.5. The van der Waals surface area contributed by atoms with Crippen LogP contribution in [-0.4, -0.2) is 56.4 Å². The smallest absolute Gasteiger partial charge is 0.251 e. The minimum atomic E-state index is -3.03. The summed E-state index contributed by atoms with van der Waals surface area (Å²) in [5.41, 5.74) is 1.96. The first-order valence-electron chi connectivity index (χ1n) is 8.40. The fourth-order valence-electron chi connectivity index (χ4n) is 3.29. The molecule has 2 aliphatic heterocycles. The average molecular weight is 380 g/mol. The van der Waals surface area contributed by atoms with Crippen LogP contribution in [0.3, 0.4) is 0 Å². The van der Waals surface area contributed by atoms with Crippen molar-refractivity contribution in [2.45, 2.75) is 24.1 Å². The zero-order valence-corrected chi connectivity index (χ0v) is 15.9. The van der Waals surface area contributed by atoms with Gasteiger partial charge in [0, 0.05) is 36.6 Å². The van der Waals surface area contributed by atoms with Gasteiger partial charge < -0.3 is 9.80 Å². The summed E-state index contributed by atoms with van der Waals surface area (Å²) in [6.07, 6.45) is 1.83. The molecule has 0 spiro atoms. The molecule has 1 saturated carbocycles. The third-order valence-corrected chi connectivity index (χ3v) is 8.05.